The Kier molecular flexibility index (Phi) is 4.99. The topological polar surface area (TPSA) is 26.3 Å². The van der Waals surface area contributed by atoms with Crippen LogP contribution < -0.4 is 0 Å². The van der Waals surface area contributed by atoms with Crippen LogP contribution in [0.3, 0.4) is 0 Å². The molecule has 0 saturated carbocycles. The highest BCUT2D eigenvalue weighted by atomic mass is 35.5. The van der Waals surface area contributed by atoms with Gasteiger partial charge in [-0.05, 0) is 30.2 Å². The van der Waals surface area contributed by atoms with Crippen LogP contribution in [0.25, 0.3) is 6.08 Å². The zero-order valence-electron chi connectivity index (χ0n) is 8.87. The van der Waals surface area contributed by atoms with Crippen LogP contribution in [-0.2, 0) is 9.53 Å². The molecule has 4 heteroatoms. The Morgan fingerprint density at radius 2 is 2.31 bits per heavy atom. The fourth-order valence-electron chi connectivity index (χ4n) is 1.03. The maximum absolute atomic E-state index is 12.8. The highest BCUT2D eigenvalue weighted by Crippen LogP contribution is 2.16. The van der Waals surface area contributed by atoms with Crippen molar-refractivity contribution in [2.24, 2.45) is 0 Å². The third-order valence-electron chi connectivity index (χ3n) is 1.80. The minimum Gasteiger partial charge on any atom is -0.463 e. The van der Waals surface area contributed by atoms with Crippen LogP contribution in [0.1, 0.15) is 18.9 Å². The van der Waals surface area contributed by atoms with Crippen molar-refractivity contribution in [2.45, 2.75) is 13.3 Å². The maximum atomic E-state index is 12.8. The number of esters is 1. The summed E-state index contributed by atoms with van der Waals surface area (Å²) in [6.45, 7) is 2.31. The second-order valence-corrected chi connectivity index (χ2v) is 3.58. The van der Waals surface area contributed by atoms with E-state index in [1.54, 1.807) is 0 Å². The molecule has 0 atom stereocenters. The fourth-order valence-corrected chi connectivity index (χ4v) is 1.22. The minimum atomic E-state index is -0.479. The Morgan fingerprint density at radius 1 is 1.56 bits per heavy atom. The number of hydrogen-bond acceptors (Lipinski definition) is 2. The highest BCUT2D eigenvalue weighted by molar-refractivity contribution is 6.30. The second-order valence-electron chi connectivity index (χ2n) is 3.17. The molecule has 86 valence electrons. The first-order chi connectivity index (χ1) is 7.63. The number of halogens is 2. The van der Waals surface area contributed by atoms with Gasteiger partial charge in [-0.25, -0.2) is 9.18 Å². The summed E-state index contributed by atoms with van der Waals surface area (Å²) < 4.78 is 17.7. The average molecular weight is 243 g/mol. The SMILES string of the molecule is CCCOC(=O)C=Cc1ccc(F)c(Cl)c1. The zero-order chi connectivity index (χ0) is 12.0. The lowest BCUT2D eigenvalue weighted by molar-refractivity contribution is -0.137. The Balaban J connectivity index is 2.62. The molecule has 0 radical (unpaired) electrons. The second kappa shape index (κ2) is 6.28. The van der Waals surface area contributed by atoms with E-state index in [0.29, 0.717) is 12.2 Å². The molecule has 1 aromatic rings. The minimum absolute atomic E-state index is 0.0316. The summed E-state index contributed by atoms with van der Waals surface area (Å²) in [6.07, 6.45) is 3.60. The van der Waals surface area contributed by atoms with Crippen LogP contribution in [0.15, 0.2) is 24.3 Å². The molecule has 0 saturated heterocycles. The predicted molar refractivity (Wildman–Crippen MR) is 61.7 cm³/mol. The van der Waals surface area contributed by atoms with Crippen molar-refractivity contribution in [3.05, 3.63) is 40.7 Å². The van der Waals surface area contributed by atoms with Crippen LogP contribution in [0.2, 0.25) is 5.02 Å². The predicted octanol–water partition coefficient (Wildman–Crippen LogP) is 3.45. The zero-order valence-corrected chi connectivity index (χ0v) is 9.63. The highest BCUT2D eigenvalue weighted by Gasteiger charge is 1.99. The largest absolute Gasteiger partial charge is 0.463 e. The van der Waals surface area contributed by atoms with Gasteiger partial charge in [0.05, 0.1) is 11.6 Å². The van der Waals surface area contributed by atoms with Crippen LogP contribution in [0, 0.1) is 5.82 Å². The fraction of sp³-hybridized carbons (Fsp3) is 0.250. The molecule has 0 unspecified atom stereocenters. The first-order valence-corrected chi connectivity index (χ1v) is 5.31. The lowest BCUT2D eigenvalue weighted by Gasteiger charge is -1.98. The summed E-state index contributed by atoms with van der Waals surface area (Å²) in [7, 11) is 0. The normalized spacial score (nSPS) is 10.7. The summed E-state index contributed by atoms with van der Waals surface area (Å²) in [4.78, 5) is 11.1. The molecule has 0 aliphatic heterocycles. The Hall–Kier alpha value is -1.35. The summed E-state index contributed by atoms with van der Waals surface area (Å²) >= 11 is 5.59. The van der Waals surface area contributed by atoms with E-state index in [2.05, 4.69) is 0 Å². The van der Waals surface area contributed by atoms with Gasteiger partial charge in [0.25, 0.3) is 0 Å². The molecule has 0 aliphatic carbocycles. The van der Waals surface area contributed by atoms with Gasteiger partial charge < -0.3 is 4.74 Å². The van der Waals surface area contributed by atoms with Crippen molar-refractivity contribution < 1.29 is 13.9 Å². The van der Waals surface area contributed by atoms with Gasteiger partial charge in [-0.1, -0.05) is 24.6 Å². The van der Waals surface area contributed by atoms with Crippen LogP contribution in [-0.4, -0.2) is 12.6 Å². The lowest BCUT2D eigenvalue weighted by atomic mass is 10.2. The molecule has 0 heterocycles. The maximum Gasteiger partial charge on any atom is 0.330 e. The number of benzene rings is 1. The monoisotopic (exact) mass is 242 g/mol. The van der Waals surface area contributed by atoms with Crippen LogP contribution in [0.5, 0.6) is 0 Å². The molecule has 1 aromatic carbocycles. The van der Waals surface area contributed by atoms with Crippen molar-refractivity contribution in [3.8, 4) is 0 Å². The molecule has 0 aliphatic rings. The van der Waals surface area contributed by atoms with E-state index >= 15 is 0 Å². The van der Waals surface area contributed by atoms with Crippen molar-refractivity contribution in [1.29, 1.82) is 0 Å². The summed E-state index contributed by atoms with van der Waals surface area (Å²) in [5.74, 6) is -0.894. The first-order valence-electron chi connectivity index (χ1n) is 4.93. The standard InChI is InChI=1S/C12H12ClFO2/c1-2-7-16-12(15)6-4-9-3-5-11(14)10(13)8-9/h3-6,8H,2,7H2,1H3. The number of carbonyl (C=O) groups excluding carboxylic acids is 1. The van der Waals surface area contributed by atoms with E-state index in [1.807, 2.05) is 6.92 Å². The van der Waals surface area contributed by atoms with E-state index in [-0.39, 0.29) is 5.02 Å². The molecule has 16 heavy (non-hydrogen) atoms. The van der Waals surface area contributed by atoms with Gasteiger partial charge in [-0.3, -0.25) is 0 Å². The first kappa shape index (κ1) is 12.7. The molecule has 1 rings (SSSR count). The van der Waals surface area contributed by atoms with Gasteiger partial charge >= 0.3 is 5.97 Å². The molecule has 0 fully saturated rings. The van der Waals surface area contributed by atoms with E-state index in [1.165, 1.54) is 30.4 Å². The van der Waals surface area contributed by atoms with Gasteiger partial charge in [0.1, 0.15) is 5.82 Å². The quantitative estimate of drug-likeness (QED) is 0.597. The van der Waals surface area contributed by atoms with Gasteiger partial charge in [-0.2, -0.15) is 0 Å². The molecule has 0 N–H and O–H groups in total. The Morgan fingerprint density at radius 3 is 2.94 bits per heavy atom. The van der Waals surface area contributed by atoms with Gasteiger partial charge in [-0.15, -0.1) is 0 Å². The van der Waals surface area contributed by atoms with Crippen molar-refractivity contribution in [2.75, 3.05) is 6.61 Å². The van der Waals surface area contributed by atoms with E-state index in [0.717, 1.165) is 6.42 Å². The van der Waals surface area contributed by atoms with Gasteiger partial charge in [0.2, 0.25) is 0 Å². The van der Waals surface area contributed by atoms with Gasteiger partial charge in [0, 0.05) is 6.08 Å². The third-order valence-corrected chi connectivity index (χ3v) is 2.09. The van der Waals surface area contributed by atoms with E-state index in [9.17, 15) is 9.18 Å². The average Bonchev–Trinajstić information content (AvgIpc) is 2.28. The van der Waals surface area contributed by atoms with E-state index < -0.39 is 11.8 Å². The Labute approximate surface area is 98.7 Å². The summed E-state index contributed by atoms with van der Waals surface area (Å²) in [5, 5.41) is 0.0316. The van der Waals surface area contributed by atoms with Gasteiger partial charge in [0.15, 0.2) is 0 Å². The molecule has 0 bridgehead atoms. The van der Waals surface area contributed by atoms with Crippen molar-refractivity contribution >= 4 is 23.6 Å². The van der Waals surface area contributed by atoms with Crippen LogP contribution >= 0.6 is 11.6 Å². The number of hydrogen-bond donors (Lipinski definition) is 0. The molecular weight excluding hydrogens is 231 g/mol. The van der Waals surface area contributed by atoms with Crippen molar-refractivity contribution in [1.82, 2.24) is 0 Å². The van der Waals surface area contributed by atoms with Crippen LogP contribution in [0.4, 0.5) is 4.39 Å². The molecule has 0 amide bonds. The molecule has 2 nitrogen and oxygen atoms in total. The molecule has 0 aromatic heterocycles. The summed E-state index contributed by atoms with van der Waals surface area (Å²) in [6, 6.07) is 4.23. The summed E-state index contributed by atoms with van der Waals surface area (Å²) in [5.41, 5.74) is 0.653. The lowest BCUT2D eigenvalue weighted by Crippen LogP contribution is -2.00. The van der Waals surface area contributed by atoms with Crippen molar-refractivity contribution in [3.63, 3.8) is 0 Å². The third kappa shape index (κ3) is 4.03. The number of carbonyl (C=O) groups is 1. The Bertz CT molecular complexity index is 402. The number of ether oxygens (including phenoxy) is 1. The smallest absolute Gasteiger partial charge is 0.330 e. The molecule has 0 spiro atoms. The van der Waals surface area contributed by atoms with E-state index in [4.69, 9.17) is 16.3 Å². The molecular formula is C12H12ClFO2. The number of rotatable bonds is 4.